The molecule has 4 nitrogen and oxygen atoms in total. The Bertz CT molecular complexity index is 775. The van der Waals surface area contributed by atoms with Gasteiger partial charge in [0.1, 0.15) is 5.82 Å². The zero-order valence-corrected chi connectivity index (χ0v) is 16.5. The van der Waals surface area contributed by atoms with E-state index in [1.807, 2.05) is 30.3 Å². The molecule has 0 amide bonds. The molecule has 2 heterocycles. The molecule has 2 aromatic rings. The van der Waals surface area contributed by atoms with Gasteiger partial charge in [0.2, 0.25) is 0 Å². The summed E-state index contributed by atoms with van der Waals surface area (Å²) in [6, 6.07) is 14.9. The van der Waals surface area contributed by atoms with Crippen LogP contribution in [0.2, 0.25) is 0 Å². The fourth-order valence-electron chi connectivity index (χ4n) is 3.74. The number of hydrogen-bond acceptors (Lipinski definition) is 4. The van der Waals surface area contributed by atoms with E-state index < -0.39 is 13.8 Å². The third-order valence-corrected chi connectivity index (χ3v) is 8.09. The molecule has 1 atom stereocenters. The predicted molar refractivity (Wildman–Crippen MR) is 104 cm³/mol. The zero-order chi connectivity index (χ0) is 17.9. The zero-order valence-electron chi connectivity index (χ0n) is 14.8. The van der Waals surface area contributed by atoms with Crippen LogP contribution in [-0.2, 0) is 3.83 Å². The Kier molecular flexibility index (Phi) is 5.34. The molecule has 1 unspecified atom stereocenters. The van der Waals surface area contributed by atoms with Gasteiger partial charge in [-0.3, -0.25) is 0 Å². The van der Waals surface area contributed by atoms with E-state index in [1.165, 1.54) is 17.8 Å². The molecule has 1 saturated heterocycles. The molecular formula is C20H24FN3OSe. The standard InChI is InChI=1S/C20H24FN3OSe/c21-17-6-8-18(9-7-17)23-14-12-22(13-15-23)10-3-11-24-16-26(25)20-5-2-1-4-19(20)24/h1-2,4-9H,3,10-16H2. The minimum atomic E-state index is -1.86. The molecule has 2 aromatic carbocycles. The topological polar surface area (TPSA) is 26.8 Å². The van der Waals surface area contributed by atoms with Gasteiger partial charge in [-0.15, -0.1) is 0 Å². The van der Waals surface area contributed by atoms with Gasteiger partial charge < -0.3 is 0 Å². The third kappa shape index (κ3) is 3.83. The molecule has 0 bridgehead atoms. The number of benzene rings is 2. The van der Waals surface area contributed by atoms with Crippen molar-refractivity contribution in [1.29, 1.82) is 0 Å². The number of fused-ring (bicyclic) bond motifs is 1. The van der Waals surface area contributed by atoms with Crippen LogP contribution in [0.5, 0.6) is 0 Å². The molecule has 6 heteroatoms. The van der Waals surface area contributed by atoms with Gasteiger partial charge in [0.25, 0.3) is 0 Å². The van der Waals surface area contributed by atoms with Crippen LogP contribution < -0.4 is 14.3 Å². The summed E-state index contributed by atoms with van der Waals surface area (Å²) in [4.78, 5) is 7.11. The summed E-state index contributed by atoms with van der Waals surface area (Å²) in [5.41, 5.74) is 3.00. The van der Waals surface area contributed by atoms with E-state index in [0.29, 0.717) is 0 Å². The molecule has 0 N–H and O–H groups in total. The molecule has 0 radical (unpaired) electrons. The first kappa shape index (κ1) is 17.7. The minimum absolute atomic E-state index is 0.182. The van der Waals surface area contributed by atoms with Gasteiger partial charge in [-0.25, -0.2) is 4.39 Å². The van der Waals surface area contributed by atoms with Crippen LogP contribution in [0.3, 0.4) is 0 Å². The van der Waals surface area contributed by atoms with Crippen LogP contribution >= 0.6 is 0 Å². The number of anilines is 2. The number of hydrogen-bond donors (Lipinski definition) is 0. The van der Waals surface area contributed by atoms with Crippen molar-refractivity contribution in [2.45, 2.75) is 6.42 Å². The summed E-state index contributed by atoms with van der Waals surface area (Å²) < 4.78 is 26.4. The van der Waals surface area contributed by atoms with Crippen molar-refractivity contribution in [2.75, 3.05) is 54.5 Å². The van der Waals surface area contributed by atoms with Gasteiger partial charge in [0.05, 0.1) is 0 Å². The summed E-state index contributed by atoms with van der Waals surface area (Å²) in [6.45, 7) is 6.06. The first-order valence-corrected chi connectivity index (χ1v) is 11.9. The third-order valence-electron chi connectivity index (χ3n) is 5.19. The van der Waals surface area contributed by atoms with Crippen molar-refractivity contribution < 1.29 is 8.23 Å². The van der Waals surface area contributed by atoms with Crippen LogP contribution in [0.25, 0.3) is 0 Å². The van der Waals surface area contributed by atoms with Crippen molar-refractivity contribution in [3.05, 3.63) is 54.3 Å². The summed E-state index contributed by atoms with van der Waals surface area (Å²) in [5.74, 6) is -0.182. The molecule has 0 spiro atoms. The second-order valence-corrected chi connectivity index (χ2v) is 9.78. The van der Waals surface area contributed by atoms with Gasteiger partial charge in [-0.1, -0.05) is 0 Å². The van der Waals surface area contributed by atoms with Crippen LogP contribution in [-0.4, -0.2) is 63.4 Å². The second kappa shape index (κ2) is 7.87. The molecule has 1 fully saturated rings. The summed E-state index contributed by atoms with van der Waals surface area (Å²) in [7, 11) is 0. The maximum atomic E-state index is 13.1. The van der Waals surface area contributed by atoms with Crippen molar-refractivity contribution in [2.24, 2.45) is 0 Å². The summed E-state index contributed by atoms with van der Waals surface area (Å²) >= 11 is -1.86. The predicted octanol–water partition coefficient (Wildman–Crippen LogP) is 2.03. The van der Waals surface area contributed by atoms with Crippen molar-refractivity contribution in [3.8, 4) is 0 Å². The van der Waals surface area contributed by atoms with Crippen LogP contribution in [0.4, 0.5) is 15.8 Å². The Hall–Kier alpha value is -1.75. The Morgan fingerprint density at radius 3 is 2.42 bits per heavy atom. The first-order chi connectivity index (χ1) is 12.7. The SMILES string of the molecule is O=[Se]1CN(CCCN2CCN(c3ccc(F)cc3)CC2)c2ccccc21. The van der Waals surface area contributed by atoms with Crippen molar-refractivity contribution in [3.63, 3.8) is 0 Å². The molecule has 0 saturated carbocycles. The van der Waals surface area contributed by atoms with Gasteiger partial charge in [0, 0.05) is 0 Å². The molecule has 2 aliphatic heterocycles. The number of nitrogens with zero attached hydrogens (tertiary/aromatic N) is 3. The molecule has 0 aromatic heterocycles. The van der Waals surface area contributed by atoms with E-state index in [1.54, 1.807) is 0 Å². The number of piperazine rings is 1. The first-order valence-electron chi connectivity index (χ1n) is 9.16. The average molecular weight is 420 g/mol. The quantitative estimate of drug-likeness (QED) is 0.692. The number of rotatable bonds is 5. The van der Waals surface area contributed by atoms with Gasteiger partial charge in [-0.05, 0) is 0 Å². The van der Waals surface area contributed by atoms with Gasteiger partial charge >= 0.3 is 148 Å². The van der Waals surface area contributed by atoms with E-state index in [9.17, 15) is 8.23 Å². The van der Waals surface area contributed by atoms with E-state index >= 15 is 0 Å². The summed E-state index contributed by atoms with van der Waals surface area (Å²) in [6.07, 6.45) is 1.09. The Morgan fingerprint density at radius 2 is 1.65 bits per heavy atom. The van der Waals surface area contributed by atoms with Crippen LogP contribution in [0.15, 0.2) is 48.5 Å². The molecule has 26 heavy (non-hydrogen) atoms. The van der Waals surface area contributed by atoms with Crippen LogP contribution in [0.1, 0.15) is 6.42 Å². The molecule has 4 rings (SSSR count). The van der Waals surface area contributed by atoms with E-state index in [-0.39, 0.29) is 5.82 Å². The molecule has 138 valence electrons. The van der Waals surface area contributed by atoms with E-state index in [4.69, 9.17) is 0 Å². The molecule has 0 aliphatic carbocycles. The molecule has 2 aliphatic rings. The monoisotopic (exact) mass is 421 g/mol. The van der Waals surface area contributed by atoms with Crippen LogP contribution in [0, 0.1) is 5.82 Å². The number of para-hydroxylation sites is 1. The van der Waals surface area contributed by atoms with Gasteiger partial charge in [0.15, 0.2) is 0 Å². The van der Waals surface area contributed by atoms with Crippen molar-refractivity contribution in [1.82, 2.24) is 4.90 Å². The Labute approximate surface area is 158 Å². The fourth-order valence-corrected chi connectivity index (χ4v) is 6.58. The van der Waals surface area contributed by atoms with E-state index in [0.717, 1.165) is 61.3 Å². The van der Waals surface area contributed by atoms with Crippen molar-refractivity contribution >= 4 is 29.7 Å². The maximum absolute atomic E-state index is 13.1. The normalized spacial score (nSPS) is 20.4. The molecular weight excluding hydrogens is 396 g/mol. The van der Waals surface area contributed by atoms with Gasteiger partial charge in [-0.2, -0.15) is 0 Å². The fraction of sp³-hybridized carbons (Fsp3) is 0.400. The average Bonchev–Trinajstić information content (AvgIpc) is 2.99. The number of halogens is 1. The Balaban J connectivity index is 1.23. The van der Waals surface area contributed by atoms with E-state index in [2.05, 4.69) is 20.8 Å². The Morgan fingerprint density at radius 1 is 0.923 bits per heavy atom. The second-order valence-electron chi connectivity index (χ2n) is 6.86. The summed E-state index contributed by atoms with van der Waals surface area (Å²) in [5, 5.41) is 0.